The third-order valence-electron chi connectivity index (χ3n) is 12.7. The molecule has 0 spiro atoms. The molecule has 5 aliphatic rings. The number of hydrogen-bond donors (Lipinski definition) is 1. The standard InChI is InChI=1S/C37H53F5N2O5S/c1-35-14-10-30-29-7-6-28(49-34(46)44-16-11-27(12-17-44)43-15-4-19-48-20-18-43)24-26(29)23-25(33(30)31(35)8-9-32(35)45)5-2-21-50(47)22-3-13-36(38,39)37(40,41)42/h6-7,24-25,27,30-33,45H,2-5,8-23H2,1H3/t25-,30-,31+,32+,33-,35+,50?/m1/s1. The number of fused-ring (bicyclic) bond motifs is 5. The number of aliphatic hydroxyl groups excluding tert-OH is 1. The number of rotatable bonds is 10. The van der Waals surface area contributed by atoms with E-state index in [1.165, 1.54) is 5.56 Å². The predicted molar refractivity (Wildman–Crippen MR) is 181 cm³/mol. The summed E-state index contributed by atoms with van der Waals surface area (Å²) in [6.07, 6.45) is 0.419. The van der Waals surface area contributed by atoms with Gasteiger partial charge in [0.15, 0.2) is 0 Å². The molecule has 7 atom stereocenters. The molecule has 1 aromatic rings. The largest absolute Gasteiger partial charge is 0.453 e. The topological polar surface area (TPSA) is 79.3 Å². The van der Waals surface area contributed by atoms with Crippen LogP contribution in [0.3, 0.4) is 0 Å². The lowest BCUT2D eigenvalue weighted by Crippen LogP contribution is -2.48. The quantitative estimate of drug-likeness (QED) is 0.254. The molecule has 6 rings (SSSR count). The number of likely N-dealkylation sites (tertiary alicyclic amines) is 1. The molecule has 282 valence electrons. The molecule has 2 aliphatic heterocycles. The summed E-state index contributed by atoms with van der Waals surface area (Å²) in [4.78, 5) is 17.5. The number of ether oxygens (including phenoxy) is 2. The number of amides is 1. The van der Waals surface area contributed by atoms with Crippen LogP contribution in [-0.2, 0) is 22.0 Å². The SMILES string of the molecule is C[C@]12CC[C@@H]3c4ccc(OC(=O)N5CCC(N6CCCOCC6)CC5)cc4C[C@@H](CCCS(=O)CCCC(F)(F)C(F)(F)F)[C@H]3[C@@H]1CC[C@@H]2O. The van der Waals surface area contributed by atoms with Crippen LogP contribution in [0, 0.1) is 23.2 Å². The van der Waals surface area contributed by atoms with Crippen molar-refractivity contribution >= 4 is 16.9 Å². The Labute approximate surface area is 295 Å². The normalized spacial score (nSPS) is 31.7. The Hall–Kier alpha value is -1.83. The summed E-state index contributed by atoms with van der Waals surface area (Å²) < 4.78 is 88.5. The van der Waals surface area contributed by atoms with Gasteiger partial charge in [-0.2, -0.15) is 22.0 Å². The van der Waals surface area contributed by atoms with Gasteiger partial charge in [0.25, 0.3) is 0 Å². The Morgan fingerprint density at radius 3 is 2.54 bits per heavy atom. The predicted octanol–water partition coefficient (Wildman–Crippen LogP) is 7.32. The first-order valence-electron chi connectivity index (χ1n) is 18.7. The smallest absolute Gasteiger partial charge is 0.410 e. The van der Waals surface area contributed by atoms with Crippen molar-refractivity contribution in [2.45, 2.75) is 114 Å². The van der Waals surface area contributed by atoms with Crippen LogP contribution < -0.4 is 4.74 Å². The van der Waals surface area contributed by atoms with E-state index in [-0.39, 0.29) is 41.0 Å². The molecule has 1 unspecified atom stereocenters. The van der Waals surface area contributed by atoms with Crippen LogP contribution in [0.4, 0.5) is 26.7 Å². The molecule has 0 bridgehead atoms. The molecule has 0 radical (unpaired) electrons. The van der Waals surface area contributed by atoms with E-state index in [1.54, 1.807) is 4.90 Å². The second-order valence-electron chi connectivity index (χ2n) is 15.6. The molecule has 1 N–H and O–H groups in total. The zero-order valence-corrected chi connectivity index (χ0v) is 29.9. The minimum absolute atomic E-state index is 0.159. The molecule has 4 fully saturated rings. The fourth-order valence-electron chi connectivity index (χ4n) is 10.00. The molecule has 3 aliphatic carbocycles. The molecule has 2 saturated heterocycles. The summed E-state index contributed by atoms with van der Waals surface area (Å²) in [6, 6.07) is 6.46. The van der Waals surface area contributed by atoms with Crippen molar-refractivity contribution in [3.05, 3.63) is 29.3 Å². The maximum atomic E-state index is 13.3. The van der Waals surface area contributed by atoms with Gasteiger partial charge >= 0.3 is 18.2 Å². The van der Waals surface area contributed by atoms with Crippen LogP contribution in [0.1, 0.15) is 94.6 Å². The summed E-state index contributed by atoms with van der Waals surface area (Å²) in [5.41, 5.74) is 2.25. The molecule has 13 heteroatoms. The number of halogens is 5. The van der Waals surface area contributed by atoms with Crippen molar-refractivity contribution in [3.8, 4) is 5.75 Å². The highest BCUT2D eigenvalue weighted by molar-refractivity contribution is 7.84. The number of carbonyl (C=O) groups is 1. The Balaban J connectivity index is 1.08. The van der Waals surface area contributed by atoms with Crippen LogP contribution in [0.15, 0.2) is 18.2 Å². The first-order chi connectivity index (χ1) is 23.8. The van der Waals surface area contributed by atoms with E-state index in [2.05, 4.69) is 17.9 Å². The molecular formula is C37H53F5N2O5S. The Morgan fingerprint density at radius 2 is 1.78 bits per heavy atom. The van der Waals surface area contributed by atoms with E-state index in [0.29, 0.717) is 43.1 Å². The minimum atomic E-state index is -5.59. The van der Waals surface area contributed by atoms with E-state index in [1.807, 2.05) is 12.1 Å². The maximum Gasteiger partial charge on any atom is 0.453 e. The van der Waals surface area contributed by atoms with Crippen molar-refractivity contribution in [3.63, 3.8) is 0 Å². The first-order valence-corrected chi connectivity index (χ1v) is 20.1. The molecule has 50 heavy (non-hydrogen) atoms. The average Bonchev–Trinajstić information content (AvgIpc) is 3.21. The van der Waals surface area contributed by atoms with Crippen molar-refractivity contribution in [2.75, 3.05) is 50.9 Å². The average molecular weight is 733 g/mol. The lowest BCUT2D eigenvalue weighted by atomic mass is 9.52. The van der Waals surface area contributed by atoms with E-state index < -0.39 is 35.7 Å². The highest BCUT2D eigenvalue weighted by Gasteiger charge is 2.57. The molecule has 7 nitrogen and oxygen atoms in total. The zero-order valence-electron chi connectivity index (χ0n) is 29.1. The molecule has 2 heterocycles. The third kappa shape index (κ3) is 8.20. The Morgan fingerprint density at radius 1 is 1.02 bits per heavy atom. The number of hydrogen-bond acceptors (Lipinski definition) is 6. The molecule has 1 amide bonds. The highest BCUT2D eigenvalue weighted by atomic mass is 32.2. The second-order valence-corrected chi connectivity index (χ2v) is 17.3. The van der Waals surface area contributed by atoms with Gasteiger partial charge in [-0.05, 0) is 123 Å². The maximum absolute atomic E-state index is 13.3. The highest BCUT2D eigenvalue weighted by Crippen LogP contribution is 2.62. The molecular weight excluding hydrogens is 679 g/mol. The van der Waals surface area contributed by atoms with Crippen molar-refractivity contribution in [1.29, 1.82) is 0 Å². The van der Waals surface area contributed by atoms with Gasteiger partial charge in [0.1, 0.15) is 5.75 Å². The monoisotopic (exact) mass is 732 g/mol. The van der Waals surface area contributed by atoms with Gasteiger partial charge in [0.2, 0.25) is 0 Å². The number of carbonyl (C=O) groups excluding carboxylic acids is 1. The van der Waals surface area contributed by atoms with Gasteiger partial charge < -0.3 is 19.5 Å². The van der Waals surface area contributed by atoms with Crippen LogP contribution in [0.25, 0.3) is 0 Å². The van der Waals surface area contributed by atoms with Crippen LogP contribution in [-0.4, -0.2) is 100 Å². The molecule has 2 saturated carbocycles. The van der Waals surface area contributed by atoms with Gasteiger partial charge in [-0.25, -0.2) is 4.79 Å². The van der Waals surface area contributed by atoms with Gasteiger partial charge in [-0.1, -0.05) is 13.0 Å². The fourth-order valence-corrected chi connectivity index (χ4v) is 11.2. The summed E-state index contributed by atoms with van der Waals surface area (Å²) in [7, 11) is -1.49. The van der Waals surface area contributed by atoms with Crippen molar-refractivity contribution in [1.82, 2.24) is 9.80 Å². The van der Waals surface area contributed by atoms with E-state index >= 15 is 0 Å². The number of aliphatic hydroxyl groups is 1. The second kappa shape index (κ2) is 15.6. The third-order valence-corrected chi connectivity index (χ3v) is 14.2. The Bertz CT molecular complexity index is 1350. The van der Waals surface area contributed by atoms with Crippen molar-refractivity contribution in [2.24, 2.45) is 23.2 Å². The van der Waals surface area contributed by atoms with Crippen molar-refractivity contribution < 1.29 is 45.5 Å². The van der Waals surface area contributed by atoms with Crippen LogP contribution in [0.5, 0.6) is 5.75 Å². The first kappa shape index (κ1) is 37.9. The van der Waals surface area contributed by atoms with Crippen LogP contribution in [0.2, 0.25) is 0 Å². The number of benzene rings is 1. The van der Waals surface area contributed by atoms with Crippen LogP contribution >= 0.6 is 0 Å². The minimum Gasteiger partial charge on any atom is -0.410 e. The fraction of sp³-hybridized carbons (Fsp3) is 0.811. The summed E-state index contributed by atoms with van der Waals surface area (Å²) in [6.45, 7) is 7.01. The van der Waals surface area contributed by atoms with E-state index in [4.69, 9.17) is 9.47 Å². The lowest BCUT2D eigenvalue weighted by Gasteiger charge is -2.53. The summed E-state index contributed by atoms with van der Waals surface area (Å²) in [5.74, 6) is -3.01. The number of alkyl halides is 5. The van der Waals surface area contributed by atoms with E-state index in [9.17, 15) is 36.1 Å². The number of piperidine rings is 1. The summed E-state index contributed by atoms with van der Waals surface area (Å²) >= 11 is 0. The molecule has 1 aromatic carbocycles. The lowest BCUT2D eigenvalue weighted by molar-refractivity contribution is -0.284. The van der Waals surface area contributed by atoms with Gasteiger partial charge in [0.05, 0.1) is 12.7 Å². The zero-order chi connectivity index (χ0) is 35.7. The Kier molecular flexibility index (Phi) is 11.9. The van der Waals surface area contributed by atoms with Gasteiger partial charge in [0, 0.05) is 67.6 Å². The van der Waals surface area contributed by atoms with Gasteiger partial charge in [-0.15, -0.1) is 0 Å². The number of nitrogens with zero attached hydrogens (tertiary/aromatic N) is 2. The van der Waals surface area contributed by atoms with Gasteiger partial charge in [-0.3, -0.25) is 9.11 Å². The van der Waals surface area contributed by atoms with E-state index in [0.717, 1.165) is 89.7 Å². The molecule has 0 aromatic heterocycles. The summed E-state index contributed by atoms with van der Waals surface area (Å²) in [5, 5.41) is 11.0.